The van der Waals surface area contributed by atoms with Gasteiger partial charge in [-0.05, 0) is 30.7 Å². The van der Waals surface area contributed by atoms with Crippen LogP contribution in [0.5, 0.6) is 0 Å². The van der Waals surface area contributed by atoms with E-state index >= 15 is 0 Å². The van der Waals surface area contributed by atoms with Crippen LogP contribution in [-0.2, 0) is 6.54 Å². The topological polar surface area (TPSA) is 76.7 Å². The van der Waals surface area contributed by atoms with Gasteiger partial charge < -0.3 is 9.40 Å². The second kappa shape index (κ2) is 8.28. The molecule has 31 heavy (non-hydrogen) atoms. The number of benzene rings is 2. The normalized spacial score (nSPS) is 12.3. The molecule has 7 heteroatoms. The molecule has 0 amide bonds. The average Bonchev–Trinajstić information content (AvgIpc) is 3.56. The third-order valence-electron chi connectivity index (χ3n) is 5.19. The average molecular weight is 429 g/mol. The maximum absolute atomic E-state index is 13.7. The van der Waals surface area contributed by atoms with Gasteiger partial charge in [0, 0.05) is 29.2 Å². The Labute approximate surface area is 183 Å². The highest BCUT2D eigenvalue weighted by molar-refractivity contribution is 8.00. The van der Waals surface area contributed by atoms with Crippen molar-refractivity contribution in [2.24, 2.45) is 0 Å². The van der Waals surface area contributed by atoms with Gasteiger partial charge in [-0.2, -0.15) is 0 Å². The van der Waals surface area contributed by atoms with Gasteiger partial charge in [-0.25, -0.2) is 0 Å². The number of ketones is 1. The van der Waals surface area contributed by atoms with Crippen molar-refractivity contribution in [1.29, 1.82) is 0 Å². The van der Waals surface area contributed by atoms with E-state index in [9.17, 15) is 4.79 Å². The molecule has 0 saturated heterocycles. The lowest BCUT2D eigenvalue weighted by molar-refractivity contribution is 0.0991. The standard InChI is InChI=1S/C24H20N4O2S/c1-2-28-23(20-13-8-14-30-20)26-27-24(28)31-22(16-9-4-3-5-10-16)21(29)18-15-25-19-12-7-6-11-17(18)19/h3-15,22,25H,2H2,1H3. The minimum Gasteiger partial charge on any atom is -0.461 e. The Bertz CT molecular complexity index is 1320. The van der Waals surface area contributed by atoms with Crippen LogP contribution in [0.15, 0.2) is 88.8 Å². The molecule has 0 bridgehead atoms. The lowest BCUT2D eigenvalue weighted by Crippen LogP contribution is -2.11. The van der Waals surface area contributed by atoms with Crippen molar-refractivity contribution in [2.45, 2.75) is 23.9 Å². The van der Waals surface area contributed by atoms with Crippen LogP contribution in [0.25, 0.3) is 22.5 Å². The van der Waals surface area contributed by atoms with Crippen molar-refractivity contribution in [3.8, 4) is 11.6 Å². The van der Waals surface area contributed by atoms with Crippen molar-refractivity contribution < 1.29 is 9.21 Å². The maximum Gasteiger partial charge on any atom is 0.200 e. The quantitative estimate of drug-likeness (QED) is 0.264. The Morgan fingerprint density at radius 2 is 1.87 bits per heavy atom. The highest BCUT2D eigenvalue weighted by Crippen LogP contribution is 2.39. The van der Waals surface area contributed by atoms with Gasteiger partial charge in [0.05, 0.1) is 6.26 Å². The van der Waals surface area contributed by atoms with Gasteiger partial charge in [-0.1, -0.05) is 60.3 Å². The second-order valence-corrected chi connectivity index (χ2v) is 8.12. The number of H-pyrrole nitrogens is 1. The molecule has 5 aromatic rings. The SMILES string of the molecule is CCn1c(SC(C(=O)c2c[nH]c3ccccc23)c2ccccc2)nnc1-c1ccco1. The Hall–Kier alpha value is -3.58. The third kappa shape index (κ3) is 3.57. The Morgan fingerprint density at radius 1 is 1.06 bits per heavy atom. The predicted octanol–water partition coefficient (Wildman–Crippen LogP) is 5.76. The first-order valence-corrected chi connectivity index (χ1v) is 10.9. The van der Waals surface area contributed by atoms with Crippen molar-refractivity contribution >= 4 is 28.4 Å². The van der Waals surface area contributed by atoms with Crippen LogP contribution in [0.2, 0.25) is 0 Å². The summed E-state index contributed by atoms with van der Waals surface area (Å²) in [5.41, 5.74) is 2.54. The van der Waals surface area contributed by atoms with Crippen LogP contribution >= 0.6 is 11.8 Å². The molecule has 0 aliphatic heterocycles. The molecule has 0 spiro atoms. The minimum absolute atomic E-state index is 0.0267. The van der Waals surface area contributed by atoms with Gasteiger partial charge in [0.1, 0.15) is 5.25 Å². The molecule has 0 aliphatic carbocycles. The van der Waals surface area contributed by atoms with Crippen LogP contribution < -0.4 is 0 Å². The smallest absolute Gasteiger partial charge is 0.200 e. The van der Waals surface area contributed by atoms with Gasteiger partial charge in [-0.15, -0.1) is 10.2 Å². The number of thioether (sulfide) groups is 1. The summed E-state index contributed by atoms with van der Waals surface area (Å²) in [4.78, 5) is 17.0. The molecule has 0 fully saturated rings. The highest BCUT2D eigenvalue weighted by atomic mass is 32.2. The number of nitrogens with zero attached hydrogens (tertiary/aromatic N) is 3. The molecule has 1 unspecified atom stereocenters. The van der Waals surface area contributed by atoms with Gasteiger partial charge in [-0.3, -0.25) is 9.36 Å². The lowest BCUT2D eigenvalue weighted by atomic mass is 10.0. The molecule has 1 N–H and O–H groups in total. The molecule has 5 rings (SSSR count). The van der Waals surface area contributed by atoms with Gasteiger partial charge >= 0.3 is 0 Å². The summed E-state index contributed by atoms with van der Waals surface area (Å²) in [7, 11) is 0. The van der Waals surface area contributed by atoms with E-state index in [1.807, 2.05) is 78.2 Å². The molecule has 154 valence electrons. The molecule has 6 nitrogen and oxygen atoms in total. The fourth-order valence-corrected chi connectivity index (χ4v) is 4.84. The van der Waals surface area contributed by atoms with E-state index in [1.54, 1.807) is 12.5 Å². The van der Waals surface area contributed by atoms with Crippen molar-refractivity contribution in [1.82, 2.24) is 19.7 Å². The Balaban J connectivity index is 1.56. The monoisotopic (exact) mass is 428 g/mol. The molecular formula is C24H20N4O2S. The van der Waals surface area contributed by atoms with Crippen LogP contribution in [-0.4, -0.2) is 25.5 Å². The fourth-order valence-electron chi connectivity index (χ4n) is 3.67. The first-order chi connectivity index (χ1) is 15.3. The van der Waals surface area contributed by atoms with E-state index in [0.717, 1.165) is 16.5 Å². The largest absolute Gasteiger partial charge is 0.461 e. The molecule has 0 aliphatic rings. The molecule has 0 saturated carbocycles. The van der Waals surface area contributed by atoms with E-state index in [0.29, 0.717) is 28.8 Å². The summed E-state index contributed by atoms with van der Waals surface area (Å²) in [5.74, 6) is 1.33. The maximum atomic E-state index is 13.7. The van der Waals surface area contributed by atoms with E-state index in [1.165, 1.54) is 11.8 Å². The summed E-state index contributed by atoms with van der Waals surface area (Å²) in [6.07, 6.45) is 3.41. The van der Waals surface area contributed by atoms with E-state index in [2.05, 4.69) is 15.2 Å². The molecule has 1 atom stereocenters. The van der Waals surface area contributed by atoms with E-state index in [-0.39, 0.29) is 5.78 Å². The van der Waals surface area contributed by atoms with Gasteiger partial charge in [0.15, 0.2) is 22.5 Å². The number of fused-ring (bicyclic) bond motifs is 1. The lowest BCUT2D eigenvalue weighted by Gasteiger charge is -2.16. The Kier molecular flexibility index (Phi) is 5.18. The van der Waals surface area contributed by atoms with E-state index in [4.69, 9.17) is 4.42 Å². The number of hydrogen-bond donors (Lipinski definition) is 1. The fraction of sp³-hybridized carbons (Fsp3) is 0.125. The molecule has 0 radical (unpaired) electrons. The number of hydrogen-bond acceptors (Lipinski definition) is 5. The number of nitrogens with one attached hydrogen (secondary N) is 1. The molecule has 3 heterocycles. The van der Waals surface area contributed by atoms with E-state index < -0.39 is 5.25 Å². The van der Waals surface area contributed by atoms with Crippen molar-refractivity contribution in [2.75, 3.05) is 0 Å². The number of rotatable bonds is 7. The zero-order valence-corrected chi connectivity index (χ0v) is 17.7. The van der Waals surface area contributed by atoms with Crippen LogP contribution in [0.3, 0.4) is 0 Å². The van der Waals surface area contributed by atoms with Crippen molar-refractivity contribution in [3.05, 3.63) is 90.3 Å². The van der Waals surface area contributed by atoms with Gasteiger partial charge in [0.25, 0.3) is 0 Å². The zero-order chi connectivity index (χ0) is 21.2. The number of aromatic amines is 1. The van der Waals surface area contributed by atoms with Gasteiger partial charge in [0.2, 0.25) is 0 Å². The minimum atomic E-state index is -0.459. The molecule has 2 aromatic carbocycles. The summed E-state index contributed by atoms with van der Waals surface area (Å²) in [6.45, 7) is 2.69. The number of carbonyl (C=O) groups excluding carboxylic acids is 1. The first-order valence-electron chi connectivity index (χ1n) is 10.0. The highest BCUT2D eigenvalue weighted by Gasteiger charge is 2.28. The molecule has 3 aromatic heterocycles. The summed E-state index contributed by atoms with van der Waals surface area (Å²) in [5, 5.41) is 9.86. The Morgan fingerprint density at radius 3 is 2.65 bits per heavy atom. The van der Waals surface area contributed by atoms with Crippen LogP contribution in [0.4, 0.5) is 0 Å². The summed E-state index contributed by atoms with van der Waals surface area (Å²) in [6, 6.07) is 21.3. The van der Waals surface area contributed by atoms with Crippen molar-refractivity contribution in [3.63, 3.8) is 0 Å². The predicted molar refractivity (Wildman–Crippen MR) is 121 cm³/mol. The number of aromatic nitrogens is 4. The number of furan rings is 1. The van der Waals surface area contributed by atoms with Crippen LogP contribution in [0, 0.1) is 0 Å². The number of carbonyl (C=O) groups is 1. The number of Topliss-reactive ketones (excluding diaryl/α,β-unsaturated/α-hetero) is 1. The van der Waals surface area contributed by atoms with Crippen LogP contribution in [0.1, 0.15) is 28.1 Å². The third-order valence-corrected chi connectivity index (χ3v) is 6.43. The zero-order valence-electron chi connectivity index (χ0n) is 16.9. The summed E-state index contributed by atoms with van der Waals surface area (Å²) < 4.78 is 7.49. The summed E-state index contributed by atoms with van der Waals surface area (Å²) >= 11 is 1.41. The molecular weight excluding hydrogens is 408 g/mol. The number of para-hydroxylation sites is 1. The first kappa shape index (κ1) is 19.4. The second-order valence-electron chi connectivity index (χ2n) is 7.05.